The quantitative estimate of drug-likeness (QED) is 0.677. The molecule has 1 rings (SSSR count). The lowest BCUT2D eigenvalue weighted by Gasteiger charge is -1.97. The molecule has 0 fully saturated rings. The van der Waals surface area contributed by atoms with Gasteiger partial charge in [0.15, 0.2) is 0 Å². The molecule has 0 aliphatic heterocycles. The van der Waals surface area contributed by atoms with Gasteiger partial charge in [-0.15, -0.1) is 0 Å². The Balaban J connectivity index is 3.25. The molecule has 0 spiro atoms. The lowest BCUT2D eigenvalue weighted by atomic mass is 10.2. The summed E-state index contributed by atoms with van der Waals surface area (Å²) in [4.78, 5) is 21.0. The summed E-state index contributed by atoms with van der Waals surface area (Å²) in [5, 5.41) is 8.72. The zero-order valence-electron chi connectivity index (χ0n) is 6.65. The van der Waals surface area contributed by atoms with Gasteiger partial charge in [0.05, 0.1) is 0 Å². The summed E-state index contributed by atoms with van der Waals surface area (Å²) in [6.45, 7) is 1.84. The molecular formula is C8H9NO3. The van der Waals surface area contributed by atoms with Crippen LogP contribution in [0.5, 0.6) is 0 Å². The van der Waals surface area contributed by atoms with Crippen LogP contribution in [-0.2, 0) is 11.2 Å². The fourth-order valence-electron chi connectivity index (χ4n) is 1.11. The second-order valence-corrected chi connectivity index (χ2v) is 2.36. The maximum Gasteiger partial charge on any atom is 0.353 e. The van der Waals surface area contributed by atoms with Crippen LogP contribution in [-0.4, -0.2) is 22.1 Å². The van der Waals surface area contributed by atoms with Crippen molar-refractivity contribution in [2.24, 2.45) is 0 Å². The predicted octanol–water partition coefficient (Wildman–Crippen LogP) is 0.787. The number of aryl methyl sites for hydroxylation is 1. The highest BCUT2D eigenvalue weighted by Gasteiger charge is 2.13. The zero-order valence-corrected chi connectivity index (χ0v) is 6.65. The highest BCUT2D eigenvalue weighted by atomic mass is 16.4. The van der Waals surface area contributed by atoms with Crippen molar-refractivity contribution >= 4 is 12.4 Å². The Hall–Kier alpha value is -1.58. The molecule has 0 saturated heterocycles. The van der Waals surface area contributed by atoms with Crippen molar-refractivity contribution in [3.8, 4) is 0 Å². The summed E-state index contributed by atoms with van der Waals surface area (Å²) in [5.41, 5.74) is 0.738. The van der Waals surface area contributed by atoms with Crippen molar-refractivity contribution < 1.29 is 14.7 Å². The van der Waals surface area contributed by atoms with Crippen molar-refractivity contribution in [1.82, 2.24) is 4.57 Å². The predicted molar refractivity (Wildman–Crippen MR) is 42.9 cm³/mol. The summed E-state index contributed by atoms with van der Waals surface area (Å²) in [5.74, 6) is -1.07. The Morgan fingerprint density at radius 3 is 2.83 bits per heavy atom. The van der Waals surface area contributed by atoms with E-state index in [0.29, 0.717) is 18.4 Å². The molecule has 1 heterocycles. The first kappa shape index (κ1) is 8.52. The number of hydrogen-bond acceptors (Lipinski definition) is 2. The molecule has 0 saturated carbocycles. The summed E-state index contributed by atoms with van der Waals surface area (Å²) in [6, 6.07) is 1.64. The van der Waals surface area contributed by atoms with Gasteiger partial charge in [-0.05, 0) is 18.1 Å². The molecule has 0 aliphatic rings. The number of carboxylic acid groups (broad SMARTS) is 1. The molecule has 64 valence electrons. The summed E-state index contributed by atoms with van der Waals surface area (Å²) in [7, 11) is 0. The second kappa shape index (κ2) is 3.21. The molecule has 0 radical (unpaired) electrons. The number of carbonyl (C=O) groups is 2. The van der Waals surface area contributed by atoms with Crippen molar-refractivity contribution in [2.45, 2.75) is 13.3 Å². The maximum absolute atomic E-state index is 10.6. The molecule has 0 atom stereocenters. The van der Waals surface area contributed by atoms with E-state index in [0.717, 1.165) is 4.57 Å². The minimum absolute atomic E-state index is 0.0625. The Kier molecular flexibility index (Phi) is 2.28. The van der Waals surface area contributed by atoms with Crippen LogP contribution >= 0.6 is 0 Å². The highest BCUT2D eigenvalue weighted by Crippen LogP contribution is 2.10. The van der Waals surface area contributed by atoms with Crippen LogP contribution in [0.25, 0.3) is 0 Å². The fraction of sp³-hybridized carbons (Fsp3) is 0.250. The summed E-state index contributed by atoms with van der Waals surface area (Å²) < 4.78 is 1.07. The Morgan fingerprint density at radius 1 is 1.75 bits per heavy atom. The molecule has 4 heteroatoms. The normalized spacial score (nSPS) is 9.75. The molecule has 1 N–H and O–H groups in total. The van der Waals surface area contributed by atoms with E-state index in [1.165, 1.54) is 6.20 Å². The minimum atomic E-state index is -1.07. The van der Waals surface area contributed by atoms with Crippen LogP contribution in [0.4, 0.5) is 0 Å². The van der Waals surface area contributed by atoms with Gasteiger partial charge in [-0.3, -0.25) is 9.36 Å². The highest BCUT2D eigenvalue weighted by molar-refractivity contribution is 5.90. The lowest BCUT2D eigenvalue weighted by Crippen LogP contribution is -2.08. The zero-order chi connectivity index (χ0) is 9.14. The van der Waals surface area contributed by atoms with Gasteiger partial charge in [-0.25, -0.2) is 4.79 Å². The molecule has 0 bridgehead atoms. The average molecular weight is 167 g/mol. The van der Waals surface area contributed by atoms with Crippen molar-refractivity contribution in [2.75, 3.05) is 0 Å². The largest absolute Gasteiger partial charge is 0.477 e. The Labute approximate surface area is 69.4 Å². The SMILES string of the molecule is CCc1ccn(C=O)c1C(=O)O. The van der Waals surface area contributed by atoms with E-state index in [2.05, 4.69) is 0 Å². The number of aromatic carboxylic acids is 1. The molecule has 0 aliphatic carbocycles. The Bertz CT molecular complexity index is 314. The smallest absolute Gasteiger partial charge is 0.353 e. The topological polar surface area (TPSA) is 59.3 Å². The van der Waals surface area contributed by atoms with Gasteiger partial charge in [0.1, 0.15) is 5.69 Å². The number of nitrogens with zero attached hydrogens (tertiary/aromatic N) is 1. The summed E-state index contributed by atoms with van der Waals surface area (Å²) >= 11 is 0. The van der Waals surface area contributed by atoms with Crippen LogP contribution in [0.15, 0.2) is 12.3 Å². The molecule has 1 aromatic heterocycles. The van der Waals surface area contributed by atoms with Crippen molar-refractivity contribution in [3.05, 3.63) is 23.5 Å². The molecule has 4 nitrogen and oxygen atoms in total. The second-order valence-electron chi connectivity index (χ2n) is 2.36. The van der Waals surface area contributed by atoms with E-state index >= 15 is 0 Å². The third-order valence-electron chi connectivity index (χ3n) is 1.70. The fourth-order valence-corrected chi connectivity index (χ4v) is 1.11. The van der Waals surface area contributed by atoms with E-state index < -0.39 is 5.97 Å². The van der Waals surface area contributed by atoms with Gasteiger partial charge in [0.25, 0.3) is 0 Å². The van der Waals surface area contributed by atoms with Crippen LogP contribution < -0.4 is 0 Å². The molecule has 0 amide bonds. The van der Waals surface area contributed by atoms with Gasteiger partial charge >= 0.3 is 5.97 Å². The first-order chi connectivity index (χ1) is 5.70. The van der Waals surface area contributed by atoms with Crippen LogP contribution in [0, 0.1) is 0 Å². The minimum Gasteiger partial charge on any atom is -0.477 e. The standard InChI is InChI=1S/C8H9NO3/c1-2-6-3-4-9(5-10)7(6)8(11)12/h3-5H,2H2,1H3,(H,11,12). The third kappa shape index (κ3) is 1.23. The molecule has 0 aromatic carbocycles. The number of rotatable bonds is 3. The first-order valence-corrected chi connectivity index (χ1v) is 3.59. The van der Waals surface area contributed by atoms with Gasteiger partial charge in [0.2, 0.25) is 6.41 Å². The lowest BCUT2D eigenvalue weighted by molar-refractivity contribution is 0.0687. The van der Waals surface area contributed by atoms with Gasteiger partial charge in [-0.2, -0.15) is 0 Å². The average Bonchev–Trinajstić information content (AvgIpc) is 2.46. The van der Waals surface area contributed by atoms with Gasteiger partial charge in [0, 0.05) is 6.20 Å². The first-order valence-electron chi connectivity index (χ1n) is 3.59. The molecule has 0 unspecified atom stereocenters. The number of carboxylic acids is 1. The molecular weight excluding hydrogens is 158 g/mol. The molecule has 12 heavy (non-hydrogen) atoms. The van der Waals surface area contributed by atoms with E-state index in [1.807, 2.05) is 6.92 Å². The van der Waals surface area contributed by atoms with Gasteiger partial charge < -0.3 is 5.11 Å². The summed E-state index contributed by atoms with van der Waals surface area (Å²) in [6.07, 6.45) is 2.56. The van der Waals surface area contributed by atoms with Crippen LogP contribution in [0.1, 0.15) is 23.0 Å². The van der Waals surface area contributed by atoms with E-state index in [-0.39, 0.29) is 5.69 Å². The monoisotopic (exact) mass is 167 g/mol. The maximum atomic E-state index is 10.6. The van der Waals surface area contributed by atoms with E-state index in [4.69, 9.17) is 5.11 Å². The third-order valence-corrected chi connectivity index (χ3v) is 1.70. The number of carbonyl (C=O) groups excluding carboxylic acids is 1. The Morgan fingerprint density at radius 2 is 2.42 bits per heavy atom. The van der Waals surface area contributed by atoms with Crippen LogP contribution in [0.3, 0.4) is 0 Å². The van der Waals surface area contributed by atoms with Gasteiger partial charge in [-0.1, -0.05) is 6.92 Å². The van der Waals surface area contributed by atoms with Crippen LogP contribution in [0.2, 0.25) is 0 Å². The van der Waals surface area contributed by atoms with E-state index in [9.17, 15) is 9.59 Å². The van der Waals surface area contributed by atoms with E-state index in [1.54, 1.807) is 6.07 Å². The number of hydrogen-bond donors (Lipinski definition) is 1. The van der Waals surface area contributed by atoms with Crippen molar-refractivity contribution in [3.63, 3.8) is 0 Å². The number of aromatic nitrogens is 1. The molecule has 1 aromatic rings. The van der Waals surface area contributed by atoms with Crippen molar-refractivity contribution in [1.29, 1.82) is 0 Å².